The number of nitrogens with one attached hydrogen (secondary N) is 1. The fraction of sp³-hybridized carbons (Fsp3) is 0.391. The number of carbonyl (C=O) groups is 1. The molecule has 1 atom stereocenters. The number of halogens is 3. The molecule has 1 fully saturated rings. The molecule has 33 heavy (non-hydrogen) atoms. The van der Waals surface area contributed by atoms with Crippen LogP contribution in [0.3, 0.4) is 0 Å². The highest BCUT2D eigenvalue weighted by Crippen LogP contribution is 2.31. The molecular weight excluding hydrogens is 437 g/mol. The summed E-state index contributed by atoms with van der Waals surface area (Å²) in [5.41, 5.74) is 1.43. The standard InChI is InChI=1S/C23H25F3N4O3/c1-32-17-8-6-16(7-9-17)20(29-10-12-33-13-11-29)14-27-21(31)15-30-19-5-3-2-4-18(19)28-22(30)23(24,25)26/h2-9,20H,10-15H2,1H3,(H,27,31)/t20-/m1/s1. The van der Waals surface area contributed by atoms with Gasteiger partial charge in [0, 0.05) is 19.6 Å². The fourth-order valence-electron chi connectivity index (χ4n) is 4.03. The van der Waals surface area contributed by atoms with Crippen LogP contribution in [0.2, 0.25) is 0 Å². The average Bonchev–Trinajstić information content (AvgIpc) is 3.19. The van der Waals surface area contributed by atoms with Crippen LogP contribution in [0.5, 0.6) is 5.75 Å². The van der Waals surface area contributed by atoms with Gasteiger partial charge in [-0.15, -0.1) is 0 Å². The van der Waals surface area contributed by atoms with Crippen LogP contribution in [0.25, 0.3) is 11.0 Å². The highest BCUT2D eigenvalue weighted by molar-refractivity contribution is 5.81. The number of benzene rings is 2. The molecule has 2 heterocycles. The van der Waals surface area contributed by atoms with Gasteiger partial charge >= 0.3 is 6.18 Å². The van der Waals surface area contributed by atoms with E-state index in [4.69, 9.17) is 9.47 Å². The van der Waals surface area contributed by atoms with Gasteiger partial charge in [-0.25, -0.2) is 4.98 Å². The maximum absolute atomic E-state index is 13.5. The van der Waals surface area contributed by atoms with E-state index >= 15 is 0 Å². The van der Waals surface area contributed by atoms with Gasteiger partial charge in [-0.05, 0) is 29.8 Å². The number of fused-ring (bicyclic) bond motifs is 1. The second-order valence-corrected chi connectivity index (χ2v) is 7.75. The number of morpholine rings is 1. The van der Waals surface area contributed by atoms with Gasteiger partial charge in [0.1, 0.15) is 12.3 Å². The molecule has 1 aliphatic heterocycles. The van der Waals surface area contributed by atoms with E-state index in [2.05, 4.69) is 15.2 Å². The Balaban J connectivity index is 1.52. The fourth-order valence-corrected chi connectivity index (χ4v) is 4.03. The Morgan fingerprint density at radius 1 is 1.15 bits per heavy atom. The topological polar surface area (TPSA) is 68.6 Å². The number of hydrogen-bond acceptors (Lipinski definition) is 5. The summed E-state index contributed by atoms with van der Waals surface area (Å²) in [5, 5.41) is 2.82. The first-order chi connectivity index (χ1) is 15.9. The summed E-state index contributed by atoms with van der Waals surface area (Å²) in [6, 6.07) is 13.7. The van der Waals surface area contributed by atoms with E-state index in [1.165, 1.54) is 12.1 Å². The third kappa shape index (κ3) is 5.28. The molecule has 7 nitrogen and oxygen atoms in total. The quantitative estimate of drug-likeness (QED) is 0.584. The van der Waals surface area contributed by atoms with E-state index in [0.29, 0.717) is 26.3 Å². The van der Waals surface area contributed by atoms with Gasteiger partial charge in [0.2, 0.25) is 11.7 Å². The molecule has 1 N–H and O–H groups in total. The van der Waals surface area contributed by atoms with Crippen LogP contribution in [0.1, 0.15) is 17.4 Å². The highest BCUT2D eigenvalue weighted by atomic mass is 19.4. The summed E-state index contributed by atoms with van der Waals surface area (Å²) < 4.78 is 52.2. The molecule has 0 bridgehead atoms. The van der Waals surface area contributed by atoms with Crippen LogP contribution in [0.15, 0.2) is 48.5 Å². The Hall–Kier alpha value is -3.11. The molecule has 2 aromatic carbocycles. The lowest BCUT2D eigenvalue weighted by atomic mass is 10.0. The van der Waals surface area contributed by atoms with Crippen molar-refractivity contribution in [3.63, 3.8) is 0 Å². The smallest absolute Gasteiger partial charge is 0.449 e. The lowest BCUT2D eigenvalue weighted by Crippen LogP contribution is -2.44. The summed E-state index contributed by atoms with van der Waals surface area (Å²) >= 11 is 0. The normalized spacial score (nSPS) is 16.0. The van der Waals surface area contributed by atoms with Crippen molar-refractivity contribution in [2.45, 2.75) is 18.8 Å². The summed E-state index contributed by atoms with van der Waals surface area (Å²) in [7, 11) is 1.59. The maximum Gasteiger partial charge on any atom is 0.449 e. The molecule has 3 aromatic rings. The lowest BCUT2D eigenvalue weighted by molar-refractivity contribution is -0.147. The number of alkyl halides is 3. The number of hydrogen-bond donors (Lipinski definition) is 1. The van der Waals surface area contributed by atoms with Crippen molar-refractivity contribution in [1.82, 2.24) is 19.8 Å². The SMILES string of the molecule is COc1ccc([C@@H](CNC(=O)Cn2c(C(F)(F)F)nc3ccccc32)N2CCOCC2)cc1. The van der Waals surface area contributed by atoms with Crippen LogP contribution < -0.4 is 10.1 Å². The number of ether oxygens (including phenoxy) is 2. The van der Waals surface area contributed by atoms with Crippen molar-refractivity contribution in [2.24, 2.45) is 0 Å². The van der Waals surface area contributed by atoms with Gasteiger partial charge in [0.15, 0.2) is 0 Å². The van der Waals surface area contributed by atoms with E-state index in [0.717, 1.165) is 15.9 Å². The second-order valence-electron chi connectivity index (χ2n) is 7.75. The van der Waals surface area contributed by atoms with E-state index in [1.54, 1.807) is 19.2 Å². The molecule has 4 rings (SSSR count). The molecule has 1 amide bonds. The molecule has 176 valence electrons. The predicted octanol–water partition coefficient (Wildman–Crippen LogP) is 3.25. The number of methoxy groups -OCH3 is 1. The Kier molecular flexibility index (Phi) is 6.85. The summed E-state index contributed by atoms with van der Waals surface area (Å²) in [6.45, 7) is 2.31. The molecule has 0 spiro atoms. The summed E-state index contributed by atoms with van der Waals surface area (Å²) in [4.78, 5) is 18.6. The number of nitrogens with zero attached hydrogens (tertiary/aromatic N) is 3. The lowest BCUT2D eigenvalue weighted by Gasteiger charge is -2.35. The van der Waals surface area contributed by atoms with Gasteiger partial charge in [-0.1, -0.05) is 24.3 Å². The van der Waals surface area contributed by atoms with Crippen LogP contribution in [-0.4, -0.2) is 60.3 Å². The molecular formula is C23H25F3N4O3. The van der Waals surface area contributed by atoms with Crippen LogP contribution >= 0.6 is 0 Å². The number of rotatable bonds is 7. The van der Waals surface area contributed by atoms with E-state index < -0.39 is 24.5 Å². The molecule has 0 aliphatic carbocycles. The number of carbonyl (C=O) groups excluding carboxylic acids is 1. The minimum Gasteiger partial charge on any atom is -0.497 e. The first kappa shape index (κ1) is 23.1. The van der Waals surface area contributed by atoms with E-state index in [-0.39, 0.29) is 23.6 Å². The van der Waals surface area contributed by atoms with Gasteiger partial charge < -0.3 is 19.4 Å². The molecule has 10 heteroatoms. The number of para-hydroxylation sites is 2. The minimum absolute atomic E-state index is 0.148. The van der Waals surface area contributed by atoms with Crippen molar-refractivity contribution in [1.29, 1.82) is 0 Å². The van der Waals surface area contributed by atoms with Gasteiger partial charge in [0.05, 0.1) is 37.4 Å². The number of amides is 1. The zero-order valence-corrected chi connectivity index (χ0v) is 18.1. The summed E-state index contributed by atoms with van der Waals surface area (Å²) in [6.07, 6.45) is -4.67. The molecule has 0 saturated carbocycles. The van der Waals surface area contributed by atoms with Crippen molar-refractivity contribution >= 4 is 16.9 Å². The number of imidazole rings is 1. The average molecular weight is 462 g/mol. The first-order valence-corrected chi connectivity index (χ1v) is 10.6. The molecule has 1 aromatic heterocycles. The second kappa shape index (κ2) is 9.80. The zero-order chi connectivity index (χ0) is 23.4. The van der Waals surface area contributed by atoms with Crippen molar-refractivity contribution in [2.75, 3.05) is 40.0 Å². The van der Waals surface area contributed by atoms with Gasteiger partial charge in [-0.2, -0.15) is 13.2 Å². The van der Waals surface area contributed by atoms with Crippen molar-refractivity contribution in [3.8, 4) is 5.75 Å². The molecule has 0 unspecified atom stereocenters. The van der Waals surface area contributed by atoms with Gasteiger partial charge in [0.25, 0.3) is 0 Å². The minimum atomic E-state index is -4.67. The monoisotopic (exact) mass is 462 g/mol. The van der Waals surface area contributed by atoms with Crippen molar-refractivity contribution in [3.05, 3.63) is 59.9 Å². The highest BCUT2D eigenvalue weighted by Gasteiger charge is 2.38. The Morgan fingerprint density at radius 3 is 2.52 bits per heavy atom. The van der Waals surface area contributed by atoms with Crippen molar-refractivity contribution < 1.29 is 27.4 Å². The first-order valence-electron chi connectivity index (χ1n) is 10.6. The molecule has 0 radical (unpaired) electrons. The largest absolute Gasteiger partial charge is 0.497 e. The Labute approximate surface area is 189 Å². The third-order valence-corrected chi connectivity index (χ3v) is 5.69. The van der Waals surface area contributed by atoms with Gasteiger partial charge in [-0.3, -0.25) is 9.69 Å². The molecule has 1 aliphatic rings. The predicted molar refractivity (Wildman–Crippen MR) is 116 cm³/mol. The third-order valence-electron chi connectivity index (χ3n) is 5.69. The Morgan fingerprint density at radius 2 is 1.85 bits per heavy atom. The Bertz CT molecular complexity index is 1090. The van der Waals surface area contributed by atoms with Crippen LogP contribution in [-0.2, 0) is 22.3 Å². The van der Waals surface area contributed by atoms with Crippen LogP contribution in [0.4, 0.5) is 13.2 Å². The van der Waals surface area contributed by atoms with Crippen LogP contribution in [0, 0.1) is 0 Å². The van der Waals surface area contributed by atoms with E-state index in [9.17, 15) is 18.0 Å². The molecule has 1 saturated heterocycles. The maximum atomic E-state index is 13.5. The zero-order valence-electron chi connectivity index (χ0n) is 18.1. The number of aromatic nitrogens is 2. The summed E-state index contributed by atoms with van der Waals surface area (Å²) in [5.74, 6) is -0.885. The van der Waals surface area contributed by atoms with E-state index in [1.807, 2.05) is 24.3 Å².